The molecule has 58 heavy (non-hydrogen) atoms. The van der Waals surface area contributed by atoms with Crippen LogP contribution in [0.25, 0.3) is 0 Å². The molecule has 0 aromatic heterocycles. The van der Waals surface area contributed by atoms with Crippen LogP contribution >= 0.6 is 0 Å². The summed E-state index contributed by atoms with van der Waals surface area (Å²) in [4.78, 5) is 64.2. The molecule has 10 atom stereocenters. The summed E-state index contributed by atoms with van der Waals surface area (Å²) in [5.74, 6) is 0.0173. The van der Waals surface area contributed by atoms with Crippen LogP contribution in [0.2, 0.25) is 0 Å². The Morgan fingerprint density at radius 2 is 1.50 bits per heavy atom. The molecule has 10 heteroatoms. The van der Waals surface area contributed by atoms with E-state index in [1.807, 2.05) is 18.2 Å². The van der Waals surface area contributed by atoms with E-state index in [1.165, 1.54) is 12.5 Å². The van der Waals surface area contributed by atoms with Gasteiger partial charge in [0.2, 0.25) is 11.8 Å². The van der Waals surface area contributed by atoms with Crippen molar-refractivity contribution in [3.8, 4) is 0 Å². The van der Waals surface area contributed by atoms with Gasteiger partial charge in [-0.2, -0.15) is 0 Å². The third-order valence-electron chi connectivity index (χ3n) is 17.4. The number of fused-ring (bicyclic) bond motifs is 7. The van der Waals surface area contributed by atoms with Gasteiger partial charge in [-0.25, -0.2) is 0 Å². The number of carboxylic acids is 1. The first-order valence-electron chi connectivity index (χ1n) is 22.0. The number of amides is 3. The van der Waals surface area contributed by atoms with Gasteiger partial charge in [-0.3, -0.25) is 24.0 Å². The van der Waals surface area contributed by atoms with Crippen molar-refractivity contribution in [3.05, 3.63) is 47.5 Å². The zero-order chi connectivity index (χ0) is 42.6. The van der Waals surface area contributed by atoms with Crippen LogP contribution in [0, 0.1) is 62.1 Å². The maximum absolute atomic E-state index is 14.8. The zero-order valence-electron chi connectivity index (χ0n) is 36.8. The topological polar surface area (TPSA) is 151 Å². The lowest BCUT2D eigenvalue weighted by Crippen LogP contribution is -2.67. The van der Waals surface area contributed by atoms with E-state index in [-0.39, 0.29) is 70.3 Å². The highest BCUT2D eigenvalue weighted by Gasteiger charge is 2.72. The Kier molecular flexibility index (Phi) is 11.9. The number of esters is 1. The average molecular weight is 802 g/mol. The normalized spacial score (nSPS) is 36.2. The Labute approximate surface area is 346 Å². The van der Waals surface area contributed by atoms with Crippen LogP contribution in [0.15, 0.2) is 36.4 Å². The molecule has 0 unspecified atom stereocenters. The molecule has 6 rings (SSSR count). The van der Waals surface area contributed by atoms with Crippen LogP contribution in [0.3, 0.4) is 0 Å². The van der Waals surface area contributed by atoms with Crippen LogP contribution < -0.4 is 16.0 Å². The van der Waals surface area contributed by atoms with Gasteiger partial charge in [0.05, 0.1) is 17.3 Å². The summed E-state index contributed by atoms with van der Waals surface area (Å²) in [5, 5.41) is 18.6. The molecule has 5 saturated carbocycles. The molecule has 4 N–H and O–H groups in total. The van der Waals surface area contributed by atoms with E-state index < -0.39 is 22.8 Å². The molecule has 5 fully saturated rings. The predicted molar refractivity (Wildman–Crippen MR) is 224 cm³/mol. The fourth-order valence-electron chi connectivity index (χ4n) is 14.1. The van der Waals surface area contributed by atoms with Crippen molar-refractivity contribution in [2.45, 2.75) is 146 Å². The van der Waals surface area contributed by atoms with Crippen molar-refractivity contribution in [1.29, 1.82) is 0 Å². The van der Waals surface area contributed by atoms with Crippen molar-refractivity contribution in [2.75, 3.05) is 13.1 Å². The van der Waals surface area contributed by atoms with Gasteiger partial charge in [0, 0.05) is 37.5 Å². The lowest BCUT2D eigenvalue weighted by molar-refractivity contribution is -0.249. The predicted octanol–water partition coefficient (Wildman–Crippen LogP) is 8.24. The number of benzene rings is 1. The highest BCUT2D eigenvalue weighted by atomic mass is 16.5. The van der Waals surface area contributed by atoms with Gasteiger partial charge in [0.1, 0.15) is 6.10 Å². The zero-order valence-corrected chi connectivity index (χ0v) is 36.8. The lowest BCUT2D eigenvalue weighted by Gasteiger charge is -2.72. The maximum atomic E-state index is 14.8. The number of hydrogen-bond acceptors (Lipinski definition) is 6. The van der Waals surface area contributed by atoms with E-state index in [4.69, 9.17) is 4.74 Å². The number of allylic oxidation sites excluding steroid dienone is 1. The van der Waals surface area contributed by atoms with Gasteiger partial charge < -0.3 is 25.8 Å². The fraction of sp³-hybridized carbons (Fsp3) is 0.729. The molecule has 0 aliphatic heterocycles. The summed E-state index contributed by atoms with van der Waals surface area (Å²) in [7, 11) is 0. The van der Waals surface area contributed by atoms with Crippen molar-refractivity contribution < 1.29 is 33.8 Å². The molecular weight excluding hydrogens is 731 g/mol. The molecule has 0 spiro atoms. The number of carbonyl (C=O) groups excluding carboxylic acids is 4. The number of ether oxygens (including phenoxy) is 1. The summed E-state index contributed by atoms with van der Waals surface area (Å²) in [6, 6.07) is 7.41. The number of carbonyl (C=O) groups is 5. The van der Waals surface area contributed by atoms with Gasteiger partial charge in [0.15, 0.2) is 0 Å². The molecule has 10 nitrogen and oxygen atoms in total. The number of aliphatic carboxylic acids is 1. The highest BCUT2D eigenvalue weighted by Crippen LogP contribution is 2.77. The molecule has 3 amide bonds. The van der Waals surface area contributed by atoms with Crippen molar-refractivity contribution in [1.82, 2.24) is 16.0 Å². The minimum Gasteiger partial charge on any atom is -0.481 e. The summed E-state index contributed by atoms with van der Waals surface area (Å²) in [6.07, 6.45) is 9.32. The molecular formula is C48H71N3O7. The molecule has 0 heterocycles. The first-order valence-corrected chi connectivity index (χ1v) is 22.0. The smallest absolute Gasteiger partial charge is 0.309 e. The third-order valence-corrected chi connectivity index (χ3v) is 17.4. The van der Waals surface area contributed by atoms with Gasteiger partial charge in [-0.1, -0.05) is 65.0 Å². The SMILES string of the molecule is C=C(C)[C@@H]1CC[C@]2(C(=O)NCc3ccccc3C(=O)NCCNC(C)=O)CC[C@]3(C)[C@H](CC[C@@H]4[C@@]5(C)CC[C@H](OC(=O)CC(C)(C)C(=O)O)C(C)(C)[C@@H]5CC[C@]43C)[C@@H]12. The highest BCUT2D eigenvalue weighted by molar-refractivity contribution is 5.96. The first-order chi connectivity index (χ1) is 27.0. The minimum atomic E-state index is -1.17. The molecule has 0 bridgehead atoms. The largest absolute Gasteiger partial charge is 0.481 e. The molecule has 0 saturated heterocycles. The Morgan fingerprint density at radius 1 is 0.810 bits per heavy atom. The average Bonchev–Trinajstić information content (AvgIpc) is 3.55. The number of carboxylic acid groups (broad SMARTS) is 1. The van der Waals surface area contributed by atoms with E-state index in [2.05, 4.69) is 64.1 Å². The lowest BCUT2D eigenvalue weighted by atomic mass is 9.32. The van der Waals surface area contributed by atoms with E-state index in [0.29, 0.717) is 36.4 Å². The van der Waals surface area contributed by atoms with Crippen LogP contribution in [-0.2, 0) is 30.5 Å². The maximum Gasteiger partial charge on any atom is 0.309 e. The second-order valence-corrected chi connectivity index (χ2v) is 21.1. The summed E-state index contributed by atoms with van der Waals surface area (Å²) >= 11 is 0. The minimum absolute atomic E-state index is 0.0359. The van der Waals surface area contributed by atoms with Crippen molar-refractivity contribution >= 4 is 29.7 Å². The monoisotopic (exact) mass is 802 g/mol. The number of hydrogen-bond donors (Lipinski definition) is 4. The van der Waals surface area contributed by atoms with Crippen molar-refractivity contribution in [3.63, 3.8) is 0 Å². The van der Waals surface area contributed by atoms with Gasteiger partial charge >= 0.3 is 11.9 Å². The Bertz CT molecular complexity index is 1820. The summed E-state index contributed by atoms with van der Waals surface area (Å²) in [5.41, 5.74) is 0.718. The van der Waals surface area contributed by atoms with E-state index in [9.17, 15) is 29.1 Å². The molecule has 0 radical (unpaired) electrons. The molecule has 5 aliphatic carbocycles. The van der Waals surface area contributed by atoms with Crippen LogP contribution in [0.1, 0.15) is 149 Å². The van der Waals surface area contributed by atoms with Crippen LogP contribution in [-0.4, -0.2) is 54.0 Å². The number of nitrogens with one attached hydrogen (secondary N) is 3. The fourth-order valence-corrected chi connectivity index (χ4v) is 14.1. The number of rotatable bonds is 12. The molecule has 1 aromatic carbocycles. The quantitative estimate of drug-likeness (QED) is 0.0945. The summed E-state index contributed by atoms with van der Waals surface area (Å²) < 4.78 is 6.18. The molecule has 320 valence electrons. The second kappa shape index (κ2) is 15.7. The van der Waals surface area contributed by atoms with Gasteiger partial charge in [-0.05, 0) is 142 Å². The van der Waals surface area contributed by atoms with Gasteiger partial charge in [0.25, 0.3) is 5.91 Å². The van der Waals surface area contributed by atoms with E-state index in [0.717, 1.165) is 69.8 Å². The molecule has 5 aliphatic rings. The Balaban J connectivity index is 1.21. The first kappa shape index (κ1) is 43.9. The van der Waals surface area contributed by atoms with E-state index >= 15 is 0 Å². The van der Waals surface area contributed by atoms with Crippen molar-refractivity contribution in [2.24, 2.45) is 62.1 Å². The van der Waals surface area contributed by atoms with E-state index in [1.54, 1.807) is 19.9 Å². The standard InChI is InChI=1S/C48H71N3O7/c1-29(2)32-17-22-48(41(55)51-28-31-13-11-12-14-33(31)40(54)50-26-25-49-30(3)52)24-23-46(9)34(39(32)48)15-16-36-45(8)20-19-37(58-38(53)27-43(4,5)42(56)57)44(6,7)35(45)18-21-47(36,46)10/h11-14,32,34-37,39H,1,15-28H2,2-10H3,(H,49,52)(H,50,54)(H,51,55)(H,56,57)/t32-,34+,35-,36+,37-,39+,45-,46+,47+,48-/m0/s1. The van der Waals surface area contributed by atoms with Gasteiger partial charge in [-0.15, -0.1) is 0 Å². The Hall–Kier alpha value is -3.69. The summed E-state index contributed by atoms with van der Waals surface area (Å²) in [6.45, 7) is 24.4. The van der Waals surface area contributed by atoms with Crippen LogP contribution in [0.4, 0.5) is 0 Å². The second-order valence-electron chi connectivity index (χ2n) is 21.1. The third kappa shape index (κ3) is 7.30. The van der Waals surface area contributed by atoms with Crippen LogP contribution in [0.5, 0.6) is 0 Å². The molecule has 1 aromatic rings. The Morgan fingerprint density at radius 3 is 2.17 bits per heavy atom.